The number of rotatable bonds is 6. The lowest BCUT2D eigenvalue weighted by Crippen LogP contribution is -2.11. The molecule has 4 rings (SSSR count). The lowest BCUT2D eigenvalue weighted by molar-refractivity contribution is 0.475. The van der Waals surface area contributed by atoms with Crippen LogP contribution in [0.15, 0.2) is 36.9 Å². The highest BCUT2D eigenvalue weighted by Crippen LogP contribution is 2.24. The summed E-state index contributed by atoms with van der Waals surface area (Å²) in [5, 5.41) is 12.9. The molecule has 8 heteroatoms. The number of fused-ring (bicyclic) bond motifs is 1. The van der Waals surface area contributed by atoms with Crippen molar-refractivity contribution in [2.24, 2.45) is 0 Å². The van der Waals surface area contributed by atoms with Crippen molar-refractivity contribution in [3.8, 4) is 11.7 Å². The molecule has 0 unspecified atom stereocenters. The average Bonchev–Trinajstić information content (AvgIpc) is 3.27. The van der Waals surface area contributed by atoms with Gasteiger partial charge in [-0.15, -0.1) is 0 Å². The predicted molar refractivity (Wildman–Crippen MR) is 113 cm³/mol. The molecule has 0 aliphatic heterocycles. The first-order chi connectivity index (χ1) is 13.9. The Morgan fingerprint density at radius 3 is 2.45 bits per heavy atom. The van der Waals surface area contributed by atoms with Crippen LogP contribution < -0.4 is 5.32 Å². The summed E-state index contributed by atoms with van der Waals surface area (Å²) < 4.78 is 3.95. The van der Waals surface area contributed by atoms with Crippen molar-refractivity contribution in [3.63, 3.8) is 0 Å². The number of aromatic nitrogens is 6. The number of aryl methyl sites for hydroxylation is 1. The first kappa shape index (κ1) is 18.9. The third kappa shape index (κ3) is 3.65. The first-order valence-corrected chi connectivity index (χ1v) is 9.71. The fourth-order valence-corrected chi connectivity index (χ4v) is 3.20. The summed E-state index contributed by atoms with van der Waals surface area (Å²) in [5.74, 6) is 1.55. The average molecular weight is 391 g/mol. The van der Waals surface area contributed by atoms with E-state index >= 15 is 0 Å². The van der Waals surface area contributed by atoms with Crippen LogP contribution in [-0.2, 0) is 6.42 Å². The maximum atomic E-state index is 9.44. The van der Waals surface area contributed by atoms with E-state index in [-0.39, 0.29) is 11.8 Å². The Labute approximate surface area is 169 Å². The minimum atomic E-state index is 0.234. The fraction of sp³-hybridized carbons (Fsp3) is 0.333. The van der Waals surface area contributed by atoms with Gasteiger partial charge in [0.15, 0.2) is 17.0 Å². The van der Waals surface area contributed by atoms with Gasteiger partial charge in [0.2, 0.25) is 5.95 Å². The zero-order valence-corrected chi connectivity index (χ0v) is 17.1. The first-order valence-electron chi connectivity index (χ1n) is 9.71. The predicted octanol–water partition coefficient (Wildman–Crippen LogP) is 3.57. The van der Waals surface area contributed by atoms with Gasteiger partial charge in [-0.05, 0) is 51.8 Å². The second kappa shape index (κ2) is 7.54. The summed E-state index contributed by atoms with van der Waals surface area (Å²) in [5.41, 5.74) is 4.64. The van der Waals surface area contributed by atoms with Gasteiger partial charge in [-0.2, -0.15) is 9.97 Å². The second-order valence-electron chi connectivity index (χ2n) is 7.42. The van der Waals surface area contributed by atoms with Crippen LogP contribution in [0.2, 0.25) is 0 Å². The molecule has 0 atom stereocenters. The van der Waals surface area contributed by atoms with Gasteiger partial charge in [0.1, 0.15) is 12.1 Å². The van der Waals surface area contributed by atoms with E-state index in [0.29, 0.717) is 18.3 Å². The molecule has 8 nitrogen and oxygen atoms in total. The van der Waals surface area contributed by atoms with Crippen molar-refractivity contribution in [3.05, 3.63) is 53.9 Å². The largest absolute Gasteiger partial charge is 0.508 e. The molecule has 0 aliphatic rings. The number of benzene rings is 1. The zero-order valence-electron chi connectivity index (χ0n) is 17.1. The number of phenols is 1. The monoisotopic (exact) mass is 391 g/mol. The van der Waals surface area contributed by atoms with Crippen LogP contribution >= 0.6 is 0 Å². The van der Waals surface area contributed by atoms with Crippen LogP contribution in [0.5, 0.6) is 5.75 Å². The summed E-state index contributed by atoms with van der Waals surface area (Å²) in [6.07, 6.45) is 4.36. The Hall–Kier alpha value is -3.42. The molecule has 2 N–H and O–H groups in total. The number of nitrogens with zero attached hydrogens (tertiary/aromatic N) is 6. The molecular formula is C21H25N7O. The SMILES string of the molecule is Cc1ncn(-c2nc(NCCc3ccc(O)cc3)c3ncn(C(C)C)c3n2)c1C. The highest BCUT2D eigenvalue weighted by Gasteiger charge is 2.17. The number of imidazole rings is 2. The van der Waals surface area contributed by atoms with Gasteiger partial charge >= 0.3 is 0 Å². The minimum absolute atomic E-state index is 0.234. The molecule has 29 heavy (non-hydrogen) atoms. The van der Waals surface area contributed by atoms with Gasteiger partial charge < -0.3 is 15.0 Å². The molecule has 150 valence electrons. The molecule has 0 saturated carbocycles. The molecule has 0 radical (unpaired) electrons. The van der Waals surface area contributed by atoms with E-state index in [9.17, 15) is 5.11 Å². The van der Waals surface area contributed by atoms with E-state index in [0.717, 1.165) is 34.5 Å². The summed E-state index contributed by atoms with van der Waals surface area (Å²) in [4.78, 5) is 18.5. The Morgan fingerprint density at radius 1 is 1.03 bits per heavy atom. The number of aromatic hydroxyl groups is 1. The van der Waals surface area contributed by atoms with Crippen LogP contribution in [0.4, 0.5) is 5.82 Å². The smallest absolute Gasteiger partial charge is 0.239 e. The molecule has 0 amide bonds. The van der Waals surface area contributed by atoms with Gasteiger partial charge in [0.05, 0.1) is 12.0 Å². The fourth-order valence-electron chi connectivity index (χ4n) is 3.20. The molecule has 0 spiro atoms. The molecule has 0 aliphatic carbocycles. The molecule has 1 aromatic carbocycles. The Bertz CT molecular complexity index is 1140. The van der Waals surface area contributed by atoms with Gasteiger partial charge in [0, 0.05) is 18.3 Å². The number of nitrogens with one attached hydrogen (secondary N) is 1. The van der Waals surface area contributed by atoms with Crippen molar-refractivity contribution in [1.29, 1.82) is 0 Å². The minimum Gasteiger partial charge on any atom is -0.508 e. The highest BCUT2D eigenvalue weighted by molar-refractivity contribution is 5.83. The molecule has 0 bridgehead atoms. The van der Waals surface area contributed by atoms with E-state index in [1.54, 1.807) is 18.5 Å². The number of hydrogen-bond acceptors (Lipinski definition) is 6. The number of anilines is 1. The zero-order chi connectivity index (χ0) is 20.5. The van der Waals surface area contributed by atoms with Crippen LogP contribution in [0.25, 0.3) is 17.1 Å². The maximum absolute atomic E-state index is 9.44. The normalized spacial score (nSPS) is 11.5. The molecule has 0 fully saturated rings. The quantitative estimate of drug-likeness (QED) is 0.522. The molecule has 3 aromatic heterocycles. The lowest BCUT2D eigenvalue weighted by atomic mass is 10.1. The van der Waals surface area contributed by atoms with Gasteiger partial charge in [-0.3, -0.25) is 4.57 Å². The van der Waals surface area contributed by atoms with E-state index in [1.807, 2.05) is 41.4 Å². The summed E-state index contributed by atoms with van der Waals surface area (Å²) >= 11 is 0. The van der Waals surface area contributed by atoms with Crippen molar-refractivity contribution in [2.45, 2.75) is 40.2 Å². The Kier molecular flexibility index (Phi) is 4.92. The van der Waals surface area contributed by atoms with Crippen molar-refractivity contribution in [2.75, 3.05) is 11.9 Å². The van der Waals surface area contributed by atoms with Crippen molar-refractivity contribution < 1.29 is 5.11 Å². The van der Waals surface area contributed by atoms with E-state index in [2.05, 4.69) is 29.1 Å². The van der Waals surface area contributed by atoms with Crippen LogP contribution in [0.3, 0.4) is 0 Å². The molecule has 0 saturated heterocycles. The summed E-state index contributed by atoms with van der Waals surface area (Å²) in [6.45, 7) is 8.88. The van der Waals surface area contributed by atoms with Gasteiger partial charge in [-0.25, -0.2) is 9.97 Å². The van der Waals surface area contributed by atoms with Crippen LogP contribution in [-0.4, -0.2) is 40.7 Å². The maximum Gasteiger partial charge on any atom is 0.239 e. The highest BCUT2D eigenvalue weighted by atomic mass is 16.3. The van der Waals surface area contributed by atoms with E-state index in [1.165, 1.54) is 0 Å². The van der Waals surface area contributed by atoms with Crippen LogP contribution in [0.1, 0.15) is 36.8 Å². The summed E-state index contributed by atoms with van der Waals surface area (Å²) in [6, 6.07) is 7.47. The Balaban J connectivity index is 1.69. The van der Waals surface area contributed by atoms with Crippen LogP contribution in [0, 0.1) is 13.8 Å². The topological polar surface area (TPSA) is 93.7 Å². The third-order valence-corrected chi connectivity index (χ3v) is 5.08. The van der Waals surface area contributed by atoms with Crippen molar-refractivity contribution >= 4 is 17.0 Å². The van der Waals surface area contributed by atoms with E-state index < -0.39 is 0 Å². The Morgan fingerprint density at radius 2 is 1.79 bits per heavy atom. The number of hydrogen-bond donors (Lipinski definition) is 2. The summed E-state index contributed by atoms with van der Waals surface area (Å²) in [7, 11) is 0. The molecular weight excluding hydrogens is 366 g/mol. The van der Waals surface area contributed by atoms with E-state index in [4.69, 9.17) is 9.97 Å². The van der Waals surface area contributed by atoms with Gasteiger partial charge in [0.25, 0.3) is 0 Å². The van der Waals surface area contributed by atoms with Gasteiger partial charge in [-0.1, -0.05) is 12.1 Å². The molecule has 4 aromatic rings. The van der Waals surface area contributed by atoms with Crippen molar-refractivity contribution in [1.82, 2.24) is 29.1 Å². The number of phenolic OH excluding ortho intramolecular Hbond substituents is 1. The standard InChI is InChI=1S/C21H25N7O/c1-13(2)27-12-24-18-19(22-10-9-16-5-7-17(29)8-6-16)25-21(26-20(18)27)28-11-23-14(3)15(28)4/h5-8,11-13,29H,9-10H2,1-4H3,(H,22,25,26). The lowest BCUT2D eigenvalue weighted by Gasteiger charge is -2.12. The third-order valence-electron chi connectivity index (χ3n) is 5.08. The second-order valence-corrected chi connectivity index (χ2v) is 7.42. The molecule has 3 heterocycles.